The molecule has 0 saturated carbocycles. The zero-order chi connectivity index (χ0) is 20.4. The number of halogens is 1. The number of aromatic nitrogens is 2. The van der Waals surface area contributed by atoms with Crippen LogP contribution in [0.1, 0.15) is 10.4 Å². The van der Waals surface area contributed by atoms with Crippen molar-refractivity contribution in [3.05, 3.63) is 77.0 Å². The molecule has 4 aromatic rings. The molecule has 2 aromatic heterocycles. The first kappa shape index (κ1) is 19.0. The number of pyridine rings is 1. The van der Waals surface area contributed by atoms with Crippen LogP contribution < -0.4 is 14.8 Å². The van der Waals surface area contributed by atoms with E-state index >= 15 is 0 Å². The first-order valence-electron chi connectivity index (χ1n) is 8.86. The molecule has 29 heavy (non-hydrogen) atoms. The fraction of sp³-hybridized carbons (Fsp3) is 0.0909. The number of carbonyl (C=O) groups excluding carboxylic acids is 1. The van der Waals surface area contributed by atoms with Crippen molar-refractivity contribution in [3.8, 4) is 22.8 Å². The second-order valence-corrected chi connectivity index (χ2v) is 7.11. The van der Waals surface area contributed by atoms with Gasteiger partial charge in [-0.1, -0.05) is 18.2 Å². The molecule has 4 rings (SSSR count). The highest BCUT2D eigenvalue weighted by molar-refractivity contribution is 9.10. The number of anilines is 1. The molecule has 0 bridgehead atoms. The van der Waals surface area contributed by atoms with Crippen molar-refractivity contribution >= 4 is 33.2 Å². The topological polar surface area (TPSA) is 64.9 Å². The number of rotatable bonds is 5. The van der Waals surface area contributed by atoms with Crippen molar-refractivity contribution in [3.63, 3.8) is 0 Å². The summed E-state index contributed by atoms with van der Waals surface area (Å²) in [7, 11) is 3.08. The molecule has 2 heterocycles. The van der Waals surface area contributed by atoms with Crippen LogP contribution in [0.25, 0.3) is 16.9 Å². The van der Waals surface area contributed by atoms with Crippen LogP contribution in [0.2, 0.25) is 0 Å². The Morgan fingerprint density at radius 1 is 1.03 bits per heavy atom. The third kappa shape index (κ3) is 3.82. The van der Waals surface area contributed by atoms with Gasteiger partial charge in [-0.25, -0.2) is 4.98 Å². The molecule has 0 fully saturated rings. The van der Waals surface area contributed by atoms with Crippen molar-refractivity contribution in [2.75, 3.05) is 19.5 Å². The fourth-order valence-electron chi connectivity index (χ4n) is 3.00. The van der Waals surface area contributed by atoms with E-state index in [1.165, 1.54) is 0 Å². The van der Waals surface area contributed by atoms with E-state index in [1.54, 1.807) is 26.4 Å². The van der Waals surface area contributed by atoms with Crippen molar-refractivity contribution in [1.82, 2.24) is 9.38 Å². The molecular formula is C22H18BrN3O3. The largest absolute Gasteiger partial charge is 0.495 e. The third-order valence-electron chi connectivity index (χ3n) is 4.51. The highest BCUT2D eigenvalue weighted by Gasteiger charge is 2.15. The summed E-state index contributed by atoms with van der Waals surface area (Å²) < 4.78 is 13.2. The van der Waals surface area contributed by atoms with Crippen molar-refractivity contribution in [2.45, 2.75) is 0 Å². The van der Waals surface area contributed by atoms with Crippen LogP contribution in [0.3, 0.4) is 0 Å². The molecule has 7 heteroatoms. The number of nitrogens with zero attached hydrogens (tertiary/aromatic N) is 2. The Morgan fingerprint density at radius 3 is 2.34 bits per heavy atom. The predicted molar refractivity (Wildman–Crippen MR) is 116 cm³/mol. The Balaban J connectivity index is 1.55. The van der Waals surface area contributed by atoms with E-state index in [0.29, 0.717) is 27.2 Å². The van der Waals surface area contributed by atoms with Gasteiger partial charge in [0.2, 0.25) is 0 Å². The van der Waals surface area contributed by atoms with Crippen LogP contribution in [0.5, 0.6) is 11.5 Å². The minimum absolute atomic E-state index is 0.255. The lowest BCUT2D eigenvalue weighted by Gasteiger charge is -2.12. The number of carbonyl (C=O) groups is 1. The first-order chi connectivity index (χ1) is 14.1. The summed E-state index contributed by atoms with van der Waals surface area (Å²) in [4.78, 5) is 17.3. The zero-order valence-corrected chi connectivity index (χ0v) is 17.4. The minimum atomic E-state index is -0.255. The normalized spacial score (nSPS) is 10.7. The molecule has 0 radical (unpaired) electrons. The second kappa shape index (κ2) is 7.97. The molecule has 0 unspecified atom stereocenters. The molecule has 2 aromatic carbocycles. The van der Waals surface area contributed by atoms with Crippen molar-refractivity contribution in [2.24, 2.45) is 0 Å². The lowest BCUT2D eigenvalue weighted by atomic mass is 10.1. The Morgan fingerprint density at radius 2 is 1.72 bits per heavy atom. The second-order valence-electron chi connectivity index (χ2n) is 6.32. The molecule has 0 aliphatic rings. The van der Waals surface area contributed by atoms with Crippen molar-refractivity contribution < 1.29 is 14.3 Å². The third-order valence-corrected chi connectivity index (χ3v) is 5.29. The summed E-state index contributed by atoms with van der Waals surface area (Å²) in [6, 6.07) is 16.8. The van der Waals surface area contributed by atoms with Gasteiger partial charge in [0, 0.05) is 29.2 Å². The minimum Gasteiger partial charge on any atom is -0.495 e. The average molecular weight is 452 g/mol. The monoisotopic (exact) mass is 451 g/mol. The number of imidazole rings is 1. The Kier molecular flexibility index (Phi) is 5.22. The number of hydrogen-bond donors (Lipinski definition) is 1. The highest BCUT2D eigenvalue weighted by Crippen LogP contribution is 2.35. The quantitative estimate of drug-likeness (QED) is 0.461. The number of hydrogen-bond acceptors (Lipinski definition) is 4. The van der Waals surface area contributed by atoms with Gasteiger partial charge in [0.15, 0.2) is 0 Å². The van der Waals surface area contributed by atoms with E-state index < -0.39 is 0 Å². The number of ether oxygens (including phenoxy) is 2. The zero-order valence-electron chi connectivity index (χ0n) is 15.8. The fourth-order valence-corrected chi connectivity index (χ4v) is 3.55. The summed E-state index contributed by atoms with van der Waals surface area (Å²) in [5.74, 6) is 0.794. The Labute approximate surface area is 176 Å². The lowest BCUT2D eigenvalue weighted by Crippen LogP contribution is -2.12. The highest BCUT2D eigenvalue weighted by atomic mass is 79.9. The summed E-state index contributed by atoms with van der Waals surface area (Å²) in [5, 5.41) is 2.89. The molecule has 146 valence electrons. The van der Waals surface area contributed by atoms with Gasteiger partial charge in [0.25, 0.3) is 5.91 Å². The van der Waals surface area contributed by atoms with Gasteiger partial charge in [0.1, 0.15) is 21.6 Å². The number of benzene rings is 2. The smallest absolute Gasteiger partial charge is 0.255 e. The number of amides is 1. The van der Waals surface area contributed by atoms with Gasteiger partial charge in [-0.15, -0.1) is 0 Å². The number of fused-ring (bicyclic) bond motifs is 1. The summed E-state index contributed by atoms with van der Waals surface area (Å²) in [6.07, 6.45) is 3.94. The number of methoxy groups -OCH3 is 2. The van der Waals surface area contributed by atoms with Gasteiger partial charge in [0.05, 0.1) is 19.9 Å². The Hall–Kier alpha value is -3.32. The molecular weight excluding hydrogens is 434 g/mol. The lowest BCUT2D eigenvalue weighted by molar-refractivity contribution is 0.102. The van der Waals surface area contributed by atoms with E-state index in [-0.39, 0.29) is 5.91 Å². The molecule has 0 atom stereocenters. The molecule has 0 saturated heterocycles. The summed E-state index contributed by atoms with van der Waals surface area (Å²) in [6.45, 7) is 0. The van der Waals surface area contributed by atoms with E-state index in [1.807, 2.05) is 59.3 Å². The molecule has 1 N–H and O–H groups in total. The Bertz CT molecular complexity index is 1130. The maximum atomic E-state index is 12.7. The van der Waals surface area contributed by atoms with Gasteiger partial charge >= 0.3 is 0 Å². The van der Waals surface area contributed by atoms with Crippen LogP contribution >= 0.6 is 15.9 Å². The maximum Gasteiger partial charge on any atom is 0.255 e. The molecule has 0 spiro atoms. The average Bonchev–Trinajstić information content (AvgIpc) is 3.18. The van der Waals surface area contributed by atoms with Gasteiger partial charge < -0.3 is 19.2 Å². The number of nitrogens with one attached hydrogen (secondary N) is 1. The molecule has 1 amide bonds. The van der Waals surface area contributed by atoms with Crippen LogP contribution in [-0.2, 0) is 0 Å². The van der Waals surface area contributed by atoms with E-state index in [4.69, 9.17) is 9.47 Å². The van der Waals surface area contributed by atoms with Crippen LogP contribution in [0.15, 0.2) is 71.5 Å². The van der Waals surface area contributed by atoms with Gasteiger partial charge in [-0.05, 0) is 52.3 Å². The van der Waals surface area contributed by atoms with Gasteiger partial charge in [-0.2, -0.15) is 0 Å². The van der Waals surface area contributed by atoms with Crippen molar-refractivity contribution in [1.29, 1.82) is 0 Å². The SMILES string of the molecule is COc1cc(C(=O)Nc2ccc(-c3cn4ccccc4n3)cc2)cc(OC)c1Br. The molecule has 6 nitrogen and oxygen atoms in total. The van der Waals surface area contributed by atoms with E-state index in [2.05, 4.69) is 26.2 Å². The van der Waals surface area contributed by atoms with E-state index in [0.717, 1.165) is 16.9 Å². The van der Waals surface area contributed by atoms with E-state index in [9.17, 15) is 4.79 Å². The summed E-state index contributed by atoms with van der Waals surface area (Å²) in [5.41, 5.74) is 3.85. The van der Waals surface area contributed by atoms with Crippen LogP contribution in [0.4, 0.5) is 5.69 Å². The molecule has 0 aliphatic heterocycles. The molecule has 0 aliphatic carbocycles. The standard InChI is InChI=1S/C22H18BrN3O3/c1-28-18-11-15(12-19(29-2)21(18)23)22(27)24-16-8-6-14(7-9-16)17-13-26-10-4-3-5-20(26)25-17/h3-13H,1-2H3,(H,24,27). The first-order valence-corrected chi connectivity index (χ1v) is 9.65. The maximum absolute atomic E-state index is 12.7. The predicted octanol–water partition coefficient (Wildman–Crippen LogP) is 5.03. The van der Waals surface area contributed by atoms with Gasteiger partial charge in [-0.3, -0.25) is 4.79 Å². The summed E-state index contributed by atoms with van der Waals surface area (Å²) >= 11 is 3.41. The van der Waals surface area contributed by atoms with Crippen LogP contribution in [-0.4, -0.2) is 29.5 Å². The van der Waals surface area contributed by atoms with Crippen LogP contribution in [0, 0.1) is 0 Å².